The maximum absolute atomic E-state index is 8.73. The van der Waals surface area contributed by atoms with E-state index < -0.39 is 0 Å². The third kappa shape index (κ3) is 1.54. The van der Waals surface area contributed by atoms with Gasteiger partial charge >= 0.3 is 0 Å². The summed E-state index contributed by atoms with van der Waals surface area (Å²) in [4.78, 5) is 4.10. The number of pyridine rings is 1. The van der Waals surface area contributed by atoms with Gasteiger partial charge in [0.2, 0.25) is 0 Å². The average molecular weight is 161 g/mol. The van der Waals surface area contributed by atoms with Gasteiger partial charge in [0, 0.05) is 0 Å². The average Bonchev–Trinajstić information content (AvgIpc) is 2.04. The minimum atomic E-state index is 0.239. The van der Waals surface area contributed by atoms with Crippen LogP contribution in [0.4, 0.5) is 5.82 Å². The summed E-state index contributed by atoms with van der Waals surface area (Å²) >= 11 is 0. The Morgan fingerprint density at radius 1 is 1.50 bits per heavy atom. The molecule has 1 aromatic rings. The first-order valence-corrected chi connectivity index (χ1v) is 3.81. The maximum Gasteiger partial charge on any atom is 0.123 e. The number of nitriles is 1. The molecule has 0 spiro atoms. The molecule has 0 bridgehead atoms. The fourth-order valence-corrected chi connectivity index (χ4v) is 1.03. The summed E-state index contributed by atoms with van der Waals surface area (Å²) in [5.41, 5.74) is 6.89. The first kappa shape index (κ1) is 8.54. The highest BCUT2D eigenvalue weighted by atomic mass is 14.8. The molecule has 0 atom stereocenters. The molecule has 62 valence electrons. The van der Waals surface area contributed by atoms with Crippen molar-refractivity contribution in [3.63, 3.8) is 0 Å². The number of nitrogens with two attached hydrogens (primary N) is 1. The molecule has 2 N–H and O–H groups in total. The van der Waals surface area contributed by atoms with E-state index in [1.807, 2.05) is 13.8 Å². The highest BCUT2D eigenvalue weighted by Gasteiger charge is 2.07. The van der Waals surface area contributed by atoms with Crippen molar-refractivity contribution in [1.82, 2.24) is 4.98 Å². The van der Waals surface area contributed by atoms with Gasteiger partial charge in [0.25, 0.3) is 0 Å². The quantitative estimate of drug-likeness (QED) is 0.681. The van der Waals surface area contributed by atoms with Gasteiger partial charge in [0.15, 0.2) is 0 Å². The zero-order valence-corrected chi connectivity index (χ0v) is 7.20. The Morgan fingerprint density at radius 2 is 2.17 bits per heavy atom. The first-order chi connectivity index (χ1) is 5.65. The van der Waals surface area contributed by atoms with Crippen LogP contribution in [0.25, 0.3) is 0 Å². The predicted molar refractivity (Wildman–Crippen MR) is 47.5 cm³/mol. The summed E-state index contributed by atoms with van der Waals surface area (Å²) in [5.74, 6) is 0.709. The van der Waals surface area contributed by atoms with Crippen LogP contribution < -0.4 is 5.73 Å². The van der Waals surface area contributed by atoms with Gasteiger partial charge in [-0.3, -0.25) is 0 Å². The van der Waals surface area contributed by atoms with Gasteiger partial charge < -0.3 is 5.73 Å². The van der Waals surface area contributed by atoms with E-state index in [1.165, 1.54) is 0 Å². The second-order valence-corrected chi connectivity index (χ2v) is 2.94. The molecule has 0 aromatic carbocycles. The molecule has 0 radical (unpaired) electrons. The Balaban J connectivity index is 3.24. The number of rotatable bonds is 1. The van der Waals surface area contributed by atoms with Gasteiger partial charge in [-0.05, 0) is 18.1 Å². The van der Waals surface area contributed by atoms with Crippen LogP contribution in [-0.4, -0.2) is 4.98 Å². The van der Waals surface area contributed by atoms with E-state index in [9.17, 15) is 0 Å². The van der Waals surface area contributed by atoms with E-state index in [2.05, 4.69) is 11.1 Å². The van der Waals surface area contributed by atoms with Crippen molar-refractivity contribution < 1.29 is 0 Å². The second kappa shape index (κ2) is 3.22. The van der Waals surface area contributed by atoms with E-state index in [1.54, 1.807) is 12.1 Å². The Hall–Kier alpha value is -1.56. The number of hydrogen-bond donors (Lipinski definition) is 1. The standard InChI is InChI=1S/C9H11N3/c1-6(2)9-7(5-10)3-4-8(11)12-9/h3-4,6H,1-2H3,(H2,11,12). The molecule has 0 aliphatic carbocycles. The molecule has 0 fully saturated rings. The number of aromatic nitrogens is 1. The molecule has 0 aliphatic rings. The monoisotopic (exact) mass is 161 g/mol. The van der Waals surface area contributed by atoms with Crippen molar-refractivity contribution >= 4 is 5.82 Å². The van der Waals surface area contributed by atoms with E-state index >= 15 is 0 Å². The zero-order chi connectivity index (χ0) is 9.14. The van der Waals surface area contributed by atoms with Crippen LogP contribution in [0.5, 0.6) is 0 Å². The molecule has 1 rings (SSSR count). The van der Waals surface area contributed by atoms with Gasteiger partial charge in [-0.1, -0.05) is 13.8 Å². The SMILES string of the molecule is CC(C)c1nc(N)ccc1C#N. The predicted octanol–water partition coefficient (Wildman–Crippen LogP) is 1.66. The summed E-state index contributed by atoms with van der Waals surface area (Å²) in [6.45, 7) is 3.98. The van der Waals surface area contributed by atoms with Crippen LogP contribution >= 0.6 is 0 Å². The summed E-state index contributed by atoms with van der Waals surface area (Å²) in [6.07, 6.45) is 0. The Kier molecular flexibility index (Phi) is 2.29. The molecule has 0 saturated carbocycles. The van der Waals surface area contributed by atoms with Crippen LogP contribution in [0.1, 0.15) is 31.0 Å². The smallest absolute Gasteiger partial charge is 0.123 e. The van der Waals surface area contributed by atoms with Crippen molar-refractivity contribution in [2.45, 2.75) is 19.8 Å². The van der Waals surface area contributed by atoms with Gasteiger partial charge in [-0.15, -0.1) is 0 Å². The van der Waals surface area contributed by atoms with Crippen molar-refractivity contribution in [3.05, 3.63) is 23.4 Å². The normalized spacial score (nSPS) is 9.83. The zero-order valence-electron chi connectivity index (χ0n) is 7.20. The van der Waals surface area contributed by atoms with E-state index in [0.717, 1.165) is 5.69 Å². The van der Waals surface area contributed by atoms with Gasteiger partial charge in [0.1, 0.15) is 11.9 Å². The molecule has 3 nitrogen and oxygen atoms in total. The van der Waals surface area contributed by atoms with Crippen molar-refractivity contribution in [2.24, 2.45) is 0 Å². The second-order valence-electron chi connectivity index (χ2n) is 2.94. The topological polar surface area (TPSA) is 62.7 Å². The number of nitrogens with zero attached hydrogens (tertiary/aromatic N) is 2. The van der Waals surface area contributed by atoms with Crippen molar-refractivity contribution in [2.75, 3.05) is 5.73 Å². The van der Waals surface area contributed by atoms with Gasteiger partial charge in [0.05, 0.1) is 11.3 Å². The molecule has 3 heteroatoms. The molecule has 1 heterocycles. The lowest BCUT2D eigenvalue weighted by atomic mass is 10.0. The molecular formula is C9H11N3. The van der Waals surface area contributed by atoms with Crippen LogP contribution in [0, 0.1) is 11.3 Å². The van der Waals surface area contributed by atoms with Crippen LogP contribution in [0.3, 0.4) is 0 Å². The number of nitrogen functional groups attached to an aromatic ring is 1. The fourth-order valence-electron chi connectivity index (χ4n) is 1.03. The lowest BCUT2D eigenvalue weighted by Gasteiger charge is -2.06. The van der Waals surface area contributed by atoms with Crippen LogP contribution in [0.2, 0.25) is 0 Å². The molecular weight excluding hydrogens is 150 g/mol. The lowest BCUT2D eigenvalue weighted by molar-refractivity contribution is 0.820. The highest BCUT2D eigenvalue weighted by molar-refractivity contribution is 5.41. The minimum absolute atomic E-state index is 0.239. The third-order valence-electron chi connectivity index (χ3n) is 1.61. The van der Waals surface area contributed by atoms with E-state index in [0.29, 0.717) is 11.4 Å². The molecule has 0 amide bonds. The molecule has 0 aliphatic heterocycles. The highest BCUT2D eigenvalue weighted by Crippen LogP contribution is 2.17. The molecule has 1 aromatic heterocycles. The van der Waals surface area contributed by atoms with Gasteiger partial charge in [-0.25, -0.2) is 4.98 Å². The van der Waals surface area contributed by atoms with Gasteiger partial charge in [-0.2, -0.15) is 5.26 Å². The van der Waals surface area contributed by atoms with Crippen molar-refractivity contribution in [1.29, 1.82) is 5.26 Å². The van der Waals surface area contributed by atoms with Crippen LogP contribution in [-0.2, 0) is 0 Å². The minimum Gasteiger partial charge on any atom is -0.384 e. The van der Waals surface area contributed by atoms with E-state index in [-0.39, 0.29) is 5.92 Å². The lowest BCUT2D eigenvalue weighted by Crippen LogP contribution is -2.00. The van der Waals surface area contributed by atoms with E-state index in [4.69, 9.17) is 11.0 Å². The molecule has 0 unspecified atom stereocenters. The Morgan fingerprint density at radius 3 is 2.67 bits per heavy atom. The number of anilines is 1. The van der Waals surface area contributed by atoms with Crippen molar-refractivity contribution in [3.8, 4) is 6.07 Å². The summed E-state index contributed by atoms with van der Waals surface area (Å²) in [6, 6.07) is 5.44. The largest absolute Gasteiger partial charge is 0.384 e. The molecule has 0 saturated heterocycles. The fraction of sp³-hybridized carbons (Fsp3) is 0.333. The first-order valence-electron chi connectivity index (χ1n) is 3.81. The Bertz CT molecular complexity index is 323. The third-order valence-corrected chi connectivity index (χ3v) is 1.61. The summed E-state index contributed by atoms with van der Waals surface area (Å²) < 4.78 is 0. The summed E-state index contributed by atoms with van der Waals surface area (Å²) in [5, 5.41) is 8.73. The molecule has 12 heavy (non-hydrogen) atoms. The van der Waals surface area contributed by atoms with Crippen LogP contribution in [0.15, 0.2) is 12.1 Å². The summed E-state index contributed by atoms with van der Waals surface area (Å²) in [7, 11) is 0. The number of hydrogen-bond acceptors (Lipinski definition) is 3. The maximum atomic E-state index is 8.73. The Labute approximate surface area is 71.8 Å².